The second-order valence-corrected chi connectivity index (χ2v) is 5.18. The number of amides is 1. The Bertz CT molecular complexity index is 648. The molecule has 0 aliphatic heterocycles. The normalized spacial score (nSPS) is 11.8. The molecule has 0 spiro atoms. The van der Waals surface area contributed by atoms with Crippen LogP contribution in [-0.4, -0.2) is 17.0 Å². The van der Waals surface area contributed by atoms with Crippen molar-refractivity contribution in [3.8, 4) is 0 Å². The molecule has 4 nitrogen and oxygen atoms in total. The summed E-state index contributed by atoms with van der Waals surface area (Å²) in [5.41, 5.74) is 5.93. The van der Waals surface area contributed by atoms with Gasteiger partial charge < -0.3 is 10.3 Å². The molecule has 0 atom stereocenters. The van der Waals surface area contributed by atoms with Crippen LogP contribution < -0.4 is 10.5 Å². The molecule has 0 saturated carbocycles. The van der Waals surface area contributed by atoms with E-state index in [-0.39, 0.29) is 11.7 Å². The highest BCUT2D eigenvalue weighted by Gasteiger charge is 2.04. The molecule has 0 aliphatic carbocycles. The monoisotopic (exact) mass is 293 g/mol. The molecule has 20 heavy (non-hydrogen) atoms. The van der Waals surface area contributed by atoms with Gasteiger partial charge in [-0.05, 0) is 19.0 Å². The van der Waals surface area contributed by atoms with E-state index in [2.05, 4.69) is 4.99 Å². The Labute approximate surface area is 120 Å². The van der Waals surface area contributed by atoms with Gasteiger partial charge in [0.1, 0.15) is 5.82 Å². The minimum Gasteiger partial charge on any atom is -0.330 e. The Morgan fingerprint density at radius 1 is 1.40 bits per heavy atom. The van der Waals surface area contributed by atoms with Gasteiger partial charge in [0.05, 0.1) is 6.54 Å². The predicted molar refractivity (Wildman–Crippen MR) is 76.7 cm³/mol. The summed E-state index contributed by atoms with van der Waals surface area (Å²) in [4.78, 5) is 16.3. The van der Waals surface area contributed by atoms with Crippen LogP contribution >= 0.6 is 11.3 Å². The van der Waals surface area contributed by atoms with Gasteiger partial charge >= 0.3 is 0 Å². The lowest BCUT2D eigenvalue weighted by molar-refractivity contribution is -0.118. The molecule has 0 radical (unpaired) electrons. The van der Waals surface area contributed by atoms with Crippen molar-refractivity contribution in [3.63, 3.8) is 0 Å². The van der Waals surface area contributed by atoms with Gasteiger partial charge in [0.25, 0.3) is 0 Å². The van der Waals surface area contributed by atoms with Gasteiger partial charge in [0, 0.05) is 23.6 Å². The fourth-order valence-corrected chi connectivity index (χ4v) is 2.48. The van der Waals surface area contributed by atoms with Crippen molar-refractivity contribution in [2.45, 2.75) is 19.4 Å². The van der Waals surface area contributed by atoms with E-state index < -0.39 is 0 Å². The Hall–Kier alpha value is -1.79. The van der Waals surface area contributed by atoms with Gasteiger partial charge in [0.15, 0.2) is 4.80 Å². The lowest BCUT2D eigenvalue weighted by Gasteiger charge is -2.04. The van der Waals surface area contributed by atoms with E-state index in [0.29, 0.717) is 36.3 Å². The van der Waals surface area contributed by atoms with Crippen molar-refractivity contribution in [1.82, 2.24) is 4.57 Å². The summed E-state index contributed by atoms with van der Waals surface area (Å²) in [6, 6.07) is 6.58. The van der Waals surface area contributed by atoms with E-state index in [0.717, 1.165) is 0 Å². The van der Waals surface area contributed by atoms with Crippen LogP contribution in [0.1, 0.15) is 18.4 Å². The maximum Gasteiger partial charge on any atom is 0.248 e. The number of aromatic nitrogens is 1. The molecule has 2 aromatic rings. The first-order valence-corrected chi connectivity index (χ1v) is 7.23. The molecule has 1 aromatic heterocycles. The van der Waals surface area contributed by atoms with Gasteiger partial charge in [-0.3, -0.25) is 4.79 Å². The molecule has 1 aromatic carbocycles. The number of nitrogens with two attached hydrogens (primary N) is 1. The van der Waals surface area contributed by atoms with E-state index >= 15 is 0 Å². The summed E-state index contributed by atoms with van der Waals surface area (Å²) < 4.78 is 15.4. The highest BCUT2D eigenvalue weighted by Crippen LogP contribution is 2.08. The van der Waals surface area contributed by atoms with Crippen LogP contribution in [0.4, 0.5) is 4.39 Å². The maximum atomic E-state index is 13.6. The second-order valence-electron chi connectivity index (χ2n) is 4.30. The van der Waals surface area contributed by atoms with Crippen molar-refractivity contribution in [3.05, 3.63) is 52.0 Å². The van der Waals surface area contributed by atoms with Gasteiger partial charge in [-0.15, -0.1) is 11.3 Å². The van der Waals surface area contributed by atoms with Crippen molar-refractivity contribution >= 4 is 17.2 Å². The van der Waals surface area contributed by atoms with Crippen LogP contribution in [0.5, 0.6) is 0 Å². The zero-order valence-corrected chi connectivity index (χ0v) is 11.8. The van der Waals surface area contributed by atoms with Gasteiger partial charge in [-0.2, -0.15) is 4.99 Å². The molecular formula is C14H16FN3OS. The van der Waals surface area contributed by atoms with E-state index in [4.69, 9.17) is 5.73 Å². The van der Waals surface area contributed by atoms with E-state index in [1.165, 1.54) is 17.4 Å². The molecule has 0 bridgehead atoms. The number of hydrogen-bond donors (Lipinski definition) is 1. The van der Waals surface area contributed by atoms with Crippen LogP contribution in [0.2, 0.25) is 0 Å². The summed E-state index contributed by atoms with van der Waals surface area (Å²) in [7, 11) is 0. The lowest BCUT2D eigenvalue weighted by atomic mass is 10.2. The third-order valence-electron chi connectivity index (χ3n) is 2.77. The minimum atomic E-state index is -0.258. The number of carbonyl (C=O) groups excluding carboxylic acids is 1. The number of benzene rings is 1. The zero-order valence-electron chi connectivity index (χ0n) is 11.0. The molecular weight excluding hydrogens is 277 g/mol. The first-order chi connectivity index (χ1) is 9.70. The van der Waals surface area contributed by atoms with Crippen LogP contribution in [0.3, 0.4) is 0 Å². The molecule has 6 heteroatoms. The number of hydrogen-bond acceptors (Lipinski definition) is 3. The van der Waals surface area contributed by atoms with Gasteiger partial charge in [0.2, 0.25) is 5.91 Å². The number of rotatable bonds is 5. The van der Waals surface area contributed by atoms with E-state index in [1.807, 2.05) is 5.38 Å². The zero-order chi connectivity index (χ0) is 14.4. The third kappa shape index (κ3) is 3.85. The molecule has 0 saturated heterocycles. The molecule has 2 rings (SSSR count). The summed E-state index contributed by atoms with van der Waals surface area (Å²) in [6.07, 6.45) is 2.77. The standard InChI is InChI=1S/C14H16FN3OS/c15-12-5-2-1-4-11(12)10-18-8-9-20-14(18)17-13(19)6-3-7-16/h1-2,4-5,8-9H,3,6-7,10,16H2. The molecule has 0 unspecified atom stereocenters. The molecule has 1 heterocycles. The molecule has 1 amide bonds. The third-order valence-corrected chi connectivity index (χ3v) is 3.57. The smallest absolute Gasteiger partial charge is 0.248 e. The topological polar surface area (TPSA) is 60.4 Å². The average Bonchev–Trinajstić information content (AvgIpc) is 2.86. The molecule has 2 N–H and O–H groups in total. The van der Waals surface area contributed by atoms with Crippen molar-refractivity contribution < 1.29 is 9.18 Å². The summed E-state index contributed by atoms with van der Waals surface area (Å²) in [6.45, 7) is 0.833. The van der Waals surface area contributed by atoms with Gasteiger partial charge in [-0.25, -0.2) is 4.39 Å². The summed E-state index contributed by atoms with van der Waals surface area (Å²) >= 11 is 1.36. The molecule has 0 aliphatic rings. The van der Waals surface area contributed by atoms with Crippen LogP contribution in [0.15, 0.2) is 40.8 Å². The molecule has 106 valence electrons. The first-order valence-electron chi connectivity index (χ1n) is 6.35. The number of thiazole rings is 1. The average molecular weight is 293 g/mol. The molecule has 0 fully saturated rings. The Morgan fingerprint density at radius 2 is 2.20 bits per heavy atom. The van der Waals surface area contributed by atoms with Crippen LogP contribution in [-0.2, 0) is 11.3 Å². The first kappa shape index (κ1) is 14.6. The lowest BCUT2D eigenvalue weighted by Crippen LogP contribution is -2.17. The highest BCUT2D eigenvalue weighted by atomic mass is 32.1. The maximum absolute atomic E-state index is 13.6. The summed E-state index contributed by atoms with van der Waals surface area (Å²) in [5.74, 6) is -0.452. The second kappa shape index (κ2) is 7.12. The Kier molecular flexibility index (Phi) is 5.20. The van der Waals surface area contributed by atoms with Gasteiger partial charge in [-0.1, -0.05) is 18.2 Å². The summed E-state index contributed by atoms with van der Waals surface area (Å²) in [5, 5.41) is 1.83. The Balaban J connectivity index is 2.19. The van der Waals surface area contributed by atoms with E-state index in [9.17, 15) is 9.18 Å². The van der Waals surface area contributed by atoms with Crippen LogP contribution in [0, 0.1) is 5.82 Å². The van der Waals surface area contributed by atoms with Crippen molar-refractivity contribution in [2.75, 3.05) is 6.54 Å². The SMILES string of the molecule is NCCCC(=O)N=c1sccn1Cc1ccccc1F. The quantitative estimate of drug-likeness (QED) is 0.915. The fraction of sp³-hybridized carbons (Fsp3) is 0.286. The van der Waals surface area contributed by atoms with Crippen molar-refractivity contribution in [2.24, 2.45) is 10.7 Å². The highest BCUT2D eigenvalue weighted by molar-refractivity contribution is 7.07. The largest absolute Gasteiger partial charge is 0.330 e. The van der Waals surface area contributed by atoms with Crippen LogP contribution in [0.25, 0.3) is 0 Å². The minimum absolute atomic E-state index is 0.194. The number of carbonyl (C=O) groups is 1. The predicted octanol–water partition coefficient (Wildman–Crippen LogP) is 1.90. The number of halogens is 1. The van der Waals surface area contributed by atoms with Crippen molar-refractivity contribution in [1.29, 1.82) is 0 Å². The number of nitrogens with zero attached hydrogens (tertiary/aromatic N) is 2. The van der Waals surface area contributed by atoms with E-state index in [1.54, 1.807) is 29.0 Å². The fourth-order valence-electron chi connectivity index (χ4n) is 1.73. The Morgan fingerprint density at radius 3 is 2.95 bits per heavy atom.